The fraction of sp³-hybridized carbons (Fsp3) is 0.353. The van der Waals surface area contributed by atoms with Crippen LogP contribution in [0.3, 0.4) is 0 Å². The lowest BCUT2D eigenvalue weighted by molar-refractivity contribution is 0.0986. The SMILES string of the molecule is Cc1cc(-c2nsc3c(-c4cn[nH]n4)cc(N4CCOC[C@H]4C)nc23)n[nH]1. The van der Waals surface area contributed by atoms with Gasteiger partial charge in [-0.2, -0.15) is 24.9 Å². The first-order valence-electron chi connectivity index (χ1n) is 8.74. The van der Waals surface area contributed by atoms with Crippen molar-refractivity contribution in [1.29, 1.82) is 0 Å². The summed E-state index contributed by atoms with van der Waals surface area (Å²) in [4.78, 5) is 7.24. The average molecular weight is 382 g/mol. The molecule has 1 fully saturated rings. The molecule has 1 aliphatic rings. The number of H-pyrrole nitrogens is 2. The normalized spacial score (nSPS) is 17.7. The van der Waals surface area contributed by atoms with Crippen LogP contribution in [0.25, 0.3) is 32.9 Å². The number of fused-ring (bicyclic) bond motifs is 1. The first kappa shape index (κ1) is 16.3. The molecule has 0 aromatic carbocycles. The highest BCUT2D eigenvalue weighted by Gasteiger charge is 2.24. The number of rotatable bonds is 3. The number of hydrogen-bond donors (Lipinski definition) is 2. The lowest BCUT2D eigenvalue weighted by Crippen LogP contribution is -2.44. The predicted molar refractivity (Wildman–Crippen MR) is 103 cm³/mol. The molecule has 10 heteroatoms. The quantitative estimate of drug-likeness (QED) is 0.560. The van der Waals surface area contributed by atoms with E-state index in [1.807, 2.05) is 13.0 Å². The summed E-state index contributed by atoms with van der Waals surface area (Å²) < 4.78 is 11.2. The minimum atomic E-state index is 0.247. The van der Waals surface area contributed by atoms with Crippen molar-refractivity contribution in [3.63, 3.8) is 0 Å². The maximum absolute atomic E-state index is 5.58. The predicted octanol–water partition coefficient (Wildman–Crippen LogP) is 2.40. The lowest BCUT2D eigenvalue weighted by Gasteiger charge is -2.34. The van der Waals surface area contributed by atoms with E-state index >= 15 is 0 Å². The second-order valence-electron chi connectivity index (χ2n) is 6.65. The number of aromatic nitrogens is 7. The number of pyridine rings is 1. The monoisotopic (exact) mass is 382 g/mol. The van der Waals surface area contributed by atoms with Gasteiger partial charge in [0.25, 0.3) is 0 Å². The van der Waals surface area contributed by atoms with Gasteiger partial charge in [0.1, 0.15) is 28.4 Å². The highest BCUT2D eigenvalue weighted by molar-refractivity contribution is 7.14. The molecular weight excluding hydrogens is 364 g/mol. The number of hydrogen-bond acceptors (Lipinski definition) is 8. The number of nitrogens with one attached hydrogen (secondary N) is 2. The van der Waals surface area contributed by atoms with Crippen LogP contribution < -0.4 is 4.90 Å². The molecule has 0 unspecified atom stereocenters. The van der Waals surface area contributed by atoms with E-state index in [4.69, 9.17) is 9.72 Å². The Hall–Kier alpha value is -2.85. The van der Waals surface area contributed by atoms with E-state index in [9.17, 15) is 0 Å². The van der Waals surface area contributed by atoms with Crippen LogP contribution in [0.5, 0.6) is 0 Å². The minimum absolute atomic E-state index is 0.247. The van der Waals surface area contributed by atoms with Crippen LogP contribution in [0, 0.1) is 6.92 Å². The van der Waals surface area contributed by atoms with Gasteiger partial charge in [0, 0.05) is 17.8 Å². The molecule has 138 valence electrons. The Morgan fingerprint density at radius 2 is 2.19 bits per heavy atom. The van der Waals surface area contributed by atoms with E-state index in [0.29, 0.717) is 13.2 Å². The molecule has 5 heterocycles. The number of ether oxygens (including phenoxy) is 1. The molecule has 4 aromatic heterocycles. The van der Waals surface area contributed by atoms with Gasteiger partial charge >= 0.3 is 0 Å². The van der Waals surface area contributed by atoms with Crippen LogP contribution in [0.15, 0.2) is 18.3 Å². The van der Waals surface area contributed by atoms with Gasteiger partial charge in [0.15, 0.2) is 0 Å². The number of aromatic amines is 2. The average Bonchev–Trinajstić information content (AvgIpc) is 3.41. The molecule has 5 rings (SSSR count). The smallest absolute Gasteiger partial charge is 0.131 e. The van der Waals surface area contributed by atoms with Crippen LogP contribution >= 0.6 is 11.5 Å². The van der Waals surface area contributed by atoms with Gasteiger partial charge in [-0.05, 0) is 37.5 Å². The molecule has 0 spiro atoms. The van der Waals surface area contributed by atoms with Crippen molar-refractivity contribution in [3.05, 3.63) is 24.0 Å². The van der Waals surface area contributed by atoms with E-state index in [1.54, 1.807) is 6.20 Å². The summed E-state index contributed by atoms with van der Waals surface area (Å²) >= 11 is 1.41. The largest absolute Gasteiger partial charge is 0.377 e. The second-order valence-corrected chi connectivity index (χ2v) is 7.42. The van der Waals surface area contributed by atoms with Gasteiger partial charge < -0.3 is 9.64 Å². The lowest BCUT2D eigenvalue weighted by atomic mass is 10.1. The first-order chi connectivity index (χ1) is 13.2. The Morgan fingerprint density at radius 1 is 1.26 bits per heavy atom. The fourth-order valence-corrected chi connectivity index (χ4v) is 4.20. The summed E-state index contributed by atoms with van der Waals surface area (Å²) in [6.07, 6.45) is 1.72. The van der Waals surface area contributed by atoms with Crippen molar-refractivity contribution >= 4 is 27.6 Å². The van der Waals surface area contributed by atoms with Crippen molar-refractivity contribution in [2.45, 2.75) is 19.9 Å². The topological polar surface area (TPSA) is 108 Å². The van der Waals surface area contributed by atoms with Crippen molar-refractivity contribution in [2.24, 2.45) is 0 Å². The van der Waals surface area contributed by atoms with Gasteiger partial charge in [-0.3, -0.25) is 5.10 Å². The van der Waals surface area contributed by atoms with Gasteiger partial charge in [-0.1, -0.05) is 0 Å². The second kappa shape index (κ2) is 6.39. The van der Waals surface area contributed by atoms with Gasteiger partial charge in [0.05, 0.1) is 30.2 Å². The molecule has 0 aliphatic carbocycles. The summed E-state index contributed by atoms with van der Waals surface area (Å²) in [6.45, 7) is 6.29. The van der Waals surface area contributed by atoms with Crippen LogP contribution in [0.4, 0.5) is 5.82 Å². The molecule has 1 atom stereocenters. The van der Waals surface area contributed by atoms with Crippen molar-refractivity contribution in [1.82, 2.24) is 35.0 Å². The van der Waals surface area contributed by atoms with Crippen molar-refractivity contribution < 1.29 is 4.74 Å². The molecule has 0 amide bonds. The molecule has 4 aromatic rings. The van der Waals surface area contributed by atoms with E-state index in [1.165, 1.54) is 11.5 Å². The highest BCUT2D eigenvalue weighted by Crippen LogP contribution is 2.38. The van der Waals surface area contributed by atoms with Crippen LogP contribution in [-0.2, 0) is 4.74 Å². The molecule has 1 aliphatic heterocycles. The van der Waals surface area contributed by atoms with Crippen molar-refractivity contribution in [2.75, 3.05) is 24.7 Å². The molecule has 9 nitrogen and oxygen atoms in total. The molecule has 0 bridgehead atoms. The minimum Gasteiger partial charge on any atom is -0.377 e. The molecular formula is C17H18N8OS. The number of morpholine rings is 1. The van der Waals surface area contributed by atoms with Gasteiger partial charge in [0.2, 0.25) is 0 Å². The Bertz CT molecular complexity index is 1090. The zero-order chi connectivity index (χ0) is 18.4. The Morgan fingerprint density at radius 3 is 2.93 bits per heavy atom. The third-order valence-electron chi connectivity index (χ3n) is 4.71. The maximum atomic E-state index is 5.58. The third kappa shape index (κ3) is 2.77. The number of nitrogens with zero attached hydrogens (tertiary/aromatic N) is 6. The van der Waals surface area contributed by atoms with E-state index in [2.05, 4.69) is 47.9 Å². The highest BCUT2D eigenvalue weighted by atomic mass is 32.1. The maximum Gasteiger partial charge on any atom is 0.131 e. The zero-order valence-electron chi connectivity index (χ0n) is 14.9. The van der Waals surface area contributed by atoms with Crippen LogP contribution in [0.2, 0.25) is 0 Å². The molecule has 1 saturated heterocycles. The number of aryl methyl sites for hydroxylation is 1. The van der Waals surface area contributed by atoms with E-state index in [0.717, 1.165) is 50.9 Å². The Balaban J connectivity index is 1.73. The van der Waals surface area contributed by atoms with E-state index < -0.39 is 0 Å². The Labute approximate surface area is 158 Å². The van der Waals surface area contributed by atoms with Crippen LogP contribution in [0.1, 0.15) is 12.6 Å². The van der Waals surface area contributed by atoms with Crippen molar-refractivity contribution in [3.8, 4) is 22.6 Å². The first-order valence-corrected chi connectivity index (χ1v) is 9.51. The third-order valence-corrected chi connectivity index (χ3v) is 5.58. The van der Waals surface area contributed by atoms with E-state index in [-0.39, 0.29) is 6.04 Å². The number of anilines is 1. The zero-order valence-corrected chi connectivity index (χ0v) is 15.7. The van der Waals surface area contributed by atoms with Gasteiger partial charge in [-0.25, -0.2) is 4.98 Å². The molecule has 0 saturated carbocycles. The summed E-state index contributed by atoms with van der Waals surface area (Å²) in [5.41, 5.74) is 5.15. The summed E-state index contributed by atoms with van der Waals surface area (Å²) in [7, 11) is 0. The fourth-order valence-electron chi connectivity index (χ4n) is 3.35. The van der Waals surface area contributed by atoms with Crippen LogP contribution in [-0.4, -0.2) is 60.8 Å². The molecule has 0 radical (unpaired) electrons. The standard InChI is InChI=1S/C17H18N8OS/c1-9-5-12(21-20-9)15-16-17(27-23-15)11(13-7-18-24-22-13)6-14(19-16)25-3-4-26-8-10(25)2/h5-7,10H,3-4,8H2,1-2H3,(H,20,21)(H,18,22,24)/t10-/m1/s1. The summed E-state index contributed by atoms with van der Waals surface area (Å²) in [5.74, 6) is 0.894. The van der Waals surface area contributed by atoms with Gasteiger partial charge in [-0.15, -0.1) is 0 Å². The molecule has 2 N–H and O–H groups in total. The summed E-state index contributed by atoms with van der Waals surface area (Å²) in [5, 5.41) is 18.3. The summed E-state index contributed by atoms with van der Waals surface area (Å²) in [6, 6.07) is 4.30. The Kier molecular flexibility index (Phi) is 3.87. The molecule has 27 heavy (non-hydrogen) atoms.